The Balaban J connectivity index is 0.00000150. The van der Waals surface area contributed by atoms with Gasteiger partial charge in [0.2, 0.25) is 5.91 Å². The molecule has 0 radical (unpaired) electrons. The molecule has 1 aliphatic carbocycles. The third-order valence-corrected chi connectivity index (χ3v) is 6.54. The molecule has 2 aliphatic rings. The zero-order valence-corrected chi connectivity index (χ0v) is 20.7. The summed E-state index contributed by atoms with van der Waals surface area (Å²) < 4.78 is 2.01. The van der Waals surface area contributed by atoms with Crippen LogP contribution in [0.15, 0.2) is 51.4 Å². The van der Waals surface area contributed by atoms with E-state index >= 15 is 0 Å². The van der Waals surface area contributed by atoms with Crippen LogP contribution in [-0.2, 0) is 23.3 Å². The summed E-state index contributed by atoms with van der Waals surface area (Å²) in [5.74, 6) is 0.116. The molecule has 2 aromatic carbocycles. The molecule has 1 aliphatic heterocycles. The van der Waals surface area contributed by atoms with E-state index in [2.05, 4.69) is 71.7 Å². The molecule has 1 amide bonds. The summed E-state index contributed by atoms with van der Waals surface area (Å²) in [6.45, 7) is 4.16. The highest BCUT2D eigenvalue weighted by Crippen LogP contribution is 2.42. The maximum absolute atomic E-state index is 13.6. The van der Waals surface area contributed by atoms with Gasteiger partial charge in [-0.3, -0.25) is 9.69 Å². The number of carbonyl (C=O) groups excluding carboxylic acids is 1. The number of hydrogen-bond donors (Lipinski definition) is 2. The van der Waals surface area contributed by atoms with Crippen LogP contribution in [0.1, 0.15) is 23.1 Å². The number of nitrogens with one attached hydrogen (secondary N) is 2. The summed E-state index contributed by atoms with van der Waals surface area (Å²) >= 11 is 7.05. The number of aryl methyl sites for hydroxylation is 1. The zero-order valence-electron chi connectivity index (χ0n) is 15.9. The van der Waals surface area contributed by atoms with Gasteiger partial charge in [0, 0.05) is 41.7 Å². The molecule has 1 saturated heterocycles. The number of benzene rings is 2. The van der Waals surface area contributed by atoms with Crippen molar-refractivity contribution in [2.24, 2.45) is 0 Å². The molecule has 0 saturated carbocycles. The van der Waals surface area contributed by atoms with Crippen LogP contribution in [0.2, 0.25) is 0 Å². The zero-order chi connectivity index (χ0) is 18.9. The van der Waals surface area contributed by atoms with Gasteiger partial charge in [0.05, 0.1) is 0 Å². The van der Waals surface area contributed by atoms with Crippen molar-refractivity contribution in [1.82, 2.24) is 15.5 Å². The number of hydrogen-bond acceptors (Lipinski definition) is 3. The smallest absolute Gasteiger partial charge is 0.245 e. The van der Waals surface area contributed by atoms with Crippen LogP contribution in [0, 0.1) is 0 Å². The molecule has 0 unspecified atom stereocenters. The highest BCUT2D eigenvalue weighted by atomic mass is 79.9. The van der Waals surface area contributed by atoms with Crippen molar-refractivity contribution in [3.63, 3.8) is 0 Å². The first-order valence-electron chi connectivity index (χ1n) is 9.37. The van der Waals surface area contributed by atoms with Gasteiger partial charge in [-0.15, -0.1) is 24.8 Å². The summed E-state index contributed by atoms with van der Waals surface area (Å²) in [6, 6.07) is 14.5. The fraction of sp³-hybridized carbons (Fsp3) is 0.381. The number of carbonyl (C=O) groups is 1. The lowest BCUT2D eigenvalue weighted by Gasteiger charge is -2.43. The molecule has 0 aromatic heterocycles. The maximum atomic E-state index is 13.6. The van der Waals surface area contributed by atoms with Gasteiger partial charge in [0.1, 0.15) is 5.54 Å². The fourth-order valence-corrected chi connectivity index (χ4v) is 5.78. The van der Waals surface area contributed by atoms with Gasteiger partial charge in [-0.2, -0.15) is 0 Å². The molecule has 1 fully saturated rings. The highest BCUT2D eigenvalue weighted by Gasteiger charge is 2.49. The van der Waals surface area contributed by atoms with Crippen molar-refractivity contribution in [2.45, 2.75) is 24.9 Å². The van der Waals surface area contributed by atoms with Crippen LogP contribution < -0.4 is 10.6 Å². The van der Waals surface area contributed by atoms with E-state index in [1.54, 1.807) is 0 Å². The molecule has 2 N–H and O–H groups in total. The quantitative estimate of drug-likeness (QED) is 0.577. The molecular weight excluding hydrogens is 541 g/mol. The number of fused-ring (bicyclic) bond motifs is 1. The number of nitrogens with zero attached hydrogens (tertiary/aromatic N) is 1. The number of amides is 1. The second kappa shape index (κ2) is 10.6. The van der Waals surface area contributed by atoms with E-state index in [4.69, 9.17) is 0 Å². The lowest BCUT2D eigenvalue weighted by molar-refractivity contribution is -0.135. The summed E-state index contributed by atoms with van der Waals surface area (Å²) in [5.41, 5.74) is 3.00. The Hall–Kier alpha value is -0.630. The Bertz CT molecular complexity index is 841. The Kier molecular flexibility index (Phi) is 9.01. The van der Waals surface area contributed by atoms with Crippen molar-refractivity contribution in [1.29, 1.82) is 0 Å². The average Bonchev–Trinajstić information content (AvgIpc) is 3.07. The van der Waals surface area contributed by atoms with Crippen LogP contribution in [0.25, 0.3) is 0 Å². The summed E-state index contributed by atoms with van der Waals surface area (Å²) in [4.78, 5) is 16.0. The van der Waals surface area contributed by atoms with Gasteiger partial charge >= 0.3 is 0 Å². The summed E-state index contributed by atoms with van der Waals surface area (Å²) in [7, 11) is 0. The Morgan fingerprint density at radius 2 is 1.72 bits per heavy atom. The second-order valence-corrected chi connectivity index (χ2v) is 9.05. The predicted octanol–water partition coefficient (Wildman–Crippen LogP) is 4.42. The van der Waals surface area contributed by atoms with E-state index in [-0.39, 0.29) is 30.7 Å². The lowest BCUT2D eigenvalue weighted by atomic mass is 9.87. The first-order chi connectivity index (χ1) is 13.1. The third-order valence-electron chi connectivity index (χ3n) is 5.63. The van der Waals surface area contributed by atoms with Gasteiger partial charge in [-0.1, -0.05) is 56.1 Å². The topological polar surface area (TPSA) is 44.4 Å². The average molecular weight is 566 g/mol. The van der Waals surface area contributed by atoms with Gasteiger partial charge in [-0.25, -0.2) is 0 Å². The molecule has 2 aromatic rings. The van der Waals surface area contributed by atoms with Crippen molar-refractivity contribution in [3.05, 3.63) is 68.1 Å². The van der Waals surface area contributed by atoms with Gasteiger partial charge in [-0.05, 0) is 47.7 Å². The standard InChI is InChI=1S/C21H23Br2N3O.2ClH/c22-17-11-15(12-18(23)13-17)14-25-20(27)21(26-9-7-24-8-10-26)6-5-16-3-1-2-4-19(16)21;;/h1-4,11-13,24H,5-10,14H2,(H,25,27);2*1H/t21-;;/m0../s1. The van der Waals surface area contributed by atoms with Crippen molar-refractivity contribution >= 4 is 62.6 Å². The third kappa shape index (κ3) is 5.00. The van der Waals surface area contributed by atoms with Crippen LogP contribution >= 0.6 is 56.7 Å². The molecule has 1 atom stereocenters. The van der Waals surface area contributed by atoms with E-state index in [0.717, 1.165) is 53.5 Å². The normalized spacial score (nSPS) is 20.9. The van der Waals surface area contributed by atoms with Crippen molar-refractivity contribution < 1.29 is 4.79 Å². The van der Waals surface area contributed by atoms with Crippen LogP contribution in [0.3, 0.4) is 0 Å². The lowest BCUT2D eigenvalue weighted by Crippen LogP contribution is -2.60. The number of piperazine rings is 1. The molecule has 0 bridgehead atoms. The largest absolute Gasteiger partial charge is 0.350 e. The molecule has 1 heterocycles. The van der Waals surface area contributed by atoms with E-state index in [1.165, 1.54) is 11.1 Å². The van der Waals surface area contributed by atoms with Gasteiger partial charge in [0.25, 0.3) is 0 Å². The summed E-state index contributed by atoms with van der Waals surface area (Å²) in [6.07, 6.45) is 1.80. The molecule has 4 nitrogen and oxygen atoms in total. The second-order valence-electron chi connectivity index (χ2n) is 7.21. The van der Waals surface area contributed by atoms with E-state index in [9.17, 15) is 4.79 Å². The monoisotopic (exact) mass is 563 g/mol. The first kappa shape index (κ1) is 24.6. The highest BCUT2D eigenvalue weighted by molar-refractivity contribution is 9.11. The predicted molar refractivity (Wildman–Crippen MR) is 129 cm³/mol. The van der Waals surface area contributed by atoms with E-state index < -0.39 is 5.54 Å². The molecule has 8 heteroatoms. The minimum atomic E-state index is -0.554. The Labute approximate surface area is 201 Å². The van der Waals surface area contributed by atoms with E-state index in [1.807, 2.05) is 18.2 Å². The number of halogens is 4. The van der Waals surface area contributed by atoms with Gasteiger partial charge < -0.3 is 10.6 Å². The first-order valence-corrected chi connectivity index (χ1v) is 11.0. The molecule has 0 spiro atoms. The molecule has 158 valence electrons. The Morgan fingerprint density at radius 3 is 2.41 bits per heavy atom. The Morgan fingerprint density at radius 1 is 1.07 bits per heavy atom. The van der Waals surface area contributed by atoms with Crippen LogP contribution in [0.4, 0.5) is 0 Å². The maximum Gasteiger partial charge on any atom is 0.245 e. The minimum absolute atomic E-state index is 0. The summed E-state index contributed by atoms with van der Waals surface area (Å²) in [5, 5.41) is 6.64. The van der Waals surface area contributed by atoms with Crippen LogP contribution in [0.5, 0.6) is 0 Å². The minimum Gasteiger partial charge on any atom is -0.350 e. The number of rotatable bonds is 4. The van der Waals surface area contributed by atoms with Crippen molar-refractivity contribution in [2.75, 3.05) is 26.2 Å². The molecule has 29 heavy (non-hydrogen) atoms. The van der Waals surface area contributed by atoms with E-state index in [0.29, 0.717) is 6.54 Å². The molecule has 4 rings (SSSR count). The molecular formula is C21H25Br2Cl2N3O. The fourth-order valence-electron chi connectivity index (χ4n) is 4.39. The van der Waals surface area contributed by atoms with Crippen molar-refractivity contribution in [3.8, 4) is 0 Å². The van der Waals surface area contributed by atoms with Gasteiger partial charge in [0.15, 0.2) is 0 Å². The SMILES string of the molecule is Cl.Cl.O=C(NCc1cc(Br)cc(Br)c1)[C@]1(N2CCNCC2)CCc2ccccc21. The van der Waals surface area contributed by atoms with Crippen LogP contribution in [-0.4, -0.2) is 37.0 Å².